The Balaban J connectivity index is 1.57. The van der Waals surface area contributed by atoms with Gasteiger partial charge in [0.25, 0.3) is 6.01 Å². The minimum Gasteiger partial charge on any atom is -0.459 e. The first-order chi connectivity index (χ1) is 27.3. The summed E-state index contributed by atoms with van der Waals surface area (Å²) in [5.41, 5.74) is 4.25. The van der Waals surface area contributed by atoms with Crippen LogP contribution in [0.2, 0.25) is 0 Å². The maximum Gasteiger partial charge on any atom is 0.316 e. The lowest BCUT2D eigenvalue weighted by Gasteiger charge is -2.47. The molecule has 58 heavy (non-hydrogen) atoms. The van der Waals surface area contributed by atoms with Crippen molar-refractivity contribution in [1.29, 1.82) is 0 Å². The molecule has 3 fully saturated rings. The third kappa shape index (κ3) is 9.95. The van der Waals surface area contributed by atoms with Crippen molar-refractivity contribution in [1.82, 2.24) is 14.9 Å². The number of nitrogen functional groups attached to an aromatic ring is 1. The smallest absolute Gasteiger partial charge is 0.316 e. The van der Waals surface area contributed by atoms with Gasteiger partial charge in [-0.05, 0) is 67.1 Å². The van der Waals surface area contributed by atoms with E-state index in [1.165, 1.54) is 20.1 Å². The highest BCUT2D eigenvalue weighted by Gasteiger charge is 2.53. The highest BCUT2D eigenvalue weighted by Crippen LogP contribution is 2.39. The van der Waals surface area contributed by atoms with Crippen LogP contribution in [0.5, 0.6) is 0 Å². The van der Waals surface area contributed by atoms with Crippen molar-refractivity contribution in [3.8, 4) is 11.4 Å². The number of carbonyl (C=O) groups excluding carboxylic acids is 3. The van der Waals surface area contributed by atoms with E-state index in [1.54, 1.807) is 52.9 Å². The normalized spacial score (nSPS) is 37.8. The number of hydrogen-bond acceptors (Lipinski definition) is 17. The molecule has 5 heterocycles. The zero-order chi connectivity index (χ0) is 42.7. The Kier molecular flexibility index (Phi) is 14.5. The van der Waals surface area contributed by atoms with E-state index in [2.05, 4.69) is 15.1 Å². The van der Waals surface area contributed by atoms with E-state index in [1.807, 2.05) is 25.9 Å². The maximum atomic E-state index is 14.4. The number of likely N-dealkylation sites (N-methyl/N-ethyl adjacent to an activating group) is 1. The van der Waals surface area contributed by atoms with Crippen molar-refractivity contribution in [2.24, 2.45) is 28.8 Å². The minimum absolute atomic E-state index is 0.00717. The van der Waals surface area contributed by atoms with Gasteiger partial charge >= 0.3 is 5.97 Å². The van der Waals surface area contributed by atoms with Crippen molar-refractivity contribution in [3.63, 3.8) is 0 Å². The number of rotatable bonds is 8. The predicted molar refractivity (Wildman–Crippen MR) is 210 cm³/mol. The number of oxime groups is 1. The fourth-order valence-electron chi connectivity index (χ4n) is 8.47. The summed E-state index contributed by atoms with van der Waals surface area (Å²) < 4.78 is 37.0. The van der Waals surface area contributed by atoms with Crippen LogP contribution in [0, 0.1) is 23.7 Å². The third-order valence-electron chi connectivity index (χ3n) is 11.8. The van der Waals surface area contributed by atoms with E-state index in [-0.39, 0.29) is 62.3 Å². The lowest BCUT2D eigenvalue weighted by molar-refractivity contribution is -0.296. The summed E-state index contributed by atoms with van der Waals surface area (Å²) in [4.78, 5) is 58.7. The van der Waals surface area contributed by atoms with Gasteiger partial charge in [-0.2, -0.15) is 4.98 Å². The first kappa shape index (κ1) is 45.2. The second kappa shape index (κ2) is 18.6. The molecule has 2 aromatic rings. The quantitative estimate of drug-likeness (QED) is 0.197. The molecule has 3 saturated heterocycles. The number of nitrogens with two attached hydrogens (primary N) is 1. The summed E-state index contributed by atoms with van der Waals surface area (Å²) in [5.74, 6) is -5.54. The summed E-state index contributed by atoms with van der Waals surface area (Å²) >= 11 is 0. The van der Waals surface area contributed by atoms with Crippen molar-refractivity contribution in [3.05, 3.63) is 30.2 Å². The van der Waals surface area contributed by atoms with Gasteiger partial charge in [-0.1, -0.05) is 38.9 Å². The number of ether oxygens (including phenoxy) is 5. The molecule has 17 heteroatoms. The number of ketones is 2. The Morgan fingerprint density at radius 1 is 1.03 bits per heavy atom. The van der Waals surface area contributed by atoms with Gasteiger partial charge < -0.3 is 53.8 Å². The number of carbonyl (C=O) groups is 3. The number of Topliss-reactive ketones (excluding diaryl/α,β-unsaturated/α-hetero) is 2. The molecule has 0 spiro atoms. The summed E-state index contributed by atoms with van der Waals surface area (Å²) in [6, 6.07) is 3.22. The van der Waals surface area contributed by atoms with Crippen LogP contribution in [-0.4, -0.2) is 130 Å². The largest absolute Gasteiger partial charge is 0.459 e. The number of oxazole rings is 1. The molecule has 2 bridgehead atoms. The molecular formula is C41H61N5O12. The molecule has 5 rings (SSSR count). The Morgan fingerprint density at radius 2 is 1.76 bits per heavy atom. The lowest BCUT2D eigenvalue weighted by Crippen LogP contribution is -2.60. The second-order valence-corrected chi connectivity index (χ2v) is 16.8. The molecule has 3 aliphatic heterocycles. The fraction of sp³-hybridized carbons (Fsp3) is 0.707. The molecule has 17 nitrogen and oxygen atoms in total. The van der Waals surface area contributed by atoms with Crippen LogP contribution in [0.1, 0.15) is 80.2 Å². The maximum absolute atomic E-state index is 14.4. The van der Waals surface area contributed by atoms with Gasteiger partial charge in [0.05, 0.1) is 42.8 Å². The van der Waals surface area contributed by atoms with E-state index in [4.69, 9.17) is 38.7 Å². The number of nitrogens with zero attached hydrogens (tertiary/aromatic N) is 4. The monoisotopic (exact) mass is 815 g/mol. The number of hydrogen-bond donors (Lipinski definition) is 3. The molecule has 0 amide bonds. The van der Waals surface area contributed by atoms with Gasteiger partial charge in [-0.25, -0.2) is 0 Å². The number of cyclic esters (lactones) is 1. The summed E-state index contributed by atoms with van der Waals surface area (Å²) in [6.07, 6.45) is -2.37. The standard InChI is InChI=1S/C41H61N5O12/c1-11-31-41(8,51)36-23(4)32(47)21(2)15-40(7,54-19-27(18-52-36)45-55-17-26-12-13-28(43-16-26)29-20-53-39(42)44-29)35(24(5)33(48)25(6)37(50)57-31)58-38-34(49)30(46(9)10)14-22(3)56-38/h12-13,16,20-25,30-31,34-36,38,49,51H,11,14-15,17-19H2,1-10H3,(H2,42,44)/b45-27+/t21-,22-,23+,24+,25-,30+,31-,34-,35-,36+,38+,40-,41-/m1/s1. The first-order valence-electron chi connectivity index (χ1n) is 20.0. The molecule has 322 valence electrons. The number of aliphatic hydroxyl groups excluding tert-OH is 1. The van der Waals surface area contributed by atoms with Crippen LogP contribution >= 0.6 is 0 Å². The molecule has 4 N–H and O–H groups in total. The van der Waals surface area contributed by atoms with Gasteiger partial charge in [0, 0.05) is 35.6 Å². The molecule has 0 saturated carbocycles. The zero-order valence-electron chi connectivity index (χ0n) is 35.2. The molecular weight excluding hydrogens is 754 g/mol. The van der Waals surface area contributed by atoms with Crippen LogP contribution in [0.25, 0.3) is 11.4 Å². The Bertz CT molecular complexity index is 1770. The average Bonchev–Trinajstić information content (AvgIpc) is 3.62. The lowest BCUT2D eigenvalue weighted by atomic mass is 9.74. The summed E-state index contributed by atoms with van der Waals surface area (Å²) in [5, 5.41) is 28.2. The fourth-order valence-corrected chi connectivity index (χ4v) is 8.47. The van der Waals surface area contributed by atoms with Crippen LogP contribution < -0.4 is 5.73 Å². The molecule has 0 aromatic carbocycles. The van der Waals surface area contributed by atoms with E-state index in [0.29, 0.717) is 23.4 Å². The number of fused-ring (bicyclic) bond motifs is 5. The van der Waals surface area contributed by atoms with Crippen molar-refractivity contribution in [2.75, 3.05) is 33.0 Å². The van der Waals surface area contributed by atoms with E-state index in [9.17, 15) is 24.6 Å². The second-order valence-electron chi connectivity index (χ2n) is 16.8. The van der Waals surface area contributed by atoms with Gasteiger partial charge in [-0.15, -0.1) is 0 Å². The Labute approximate surface area is 339 Å². The van der Waals surface area contributed by atoms with Gasteiger partial charge in [-0.3, -0.25) is 19.4 Å². The Morgan fingerprint density at radius 3 is 2.38 bits per heavy atom. The number of pyridine rings is 1. The van der Waals surface area contributed by atoms with Crippen LogP contribution in [0.15, 0.2) is 34.2 Å². The molecule has 13 atom stereocenters. The van der Waals surface area contributed by atoms with Gasteiger partial charge in [0.1, 0.15) is 53.8 Å². The molecule has 2 aromatic heterocycles. The first-order valence-corrected chi connectivity index (χ1v) is 20.0. The highest BCUT2D eigenvalue weighted by molar-refractivity contribution is 6.00. The van der Waals surface area contributed by atoms with E-state index in [0.717, 1.165) is 0 Å². The number of aliphatic hydroxyl groups is 2. The van der Waals surface area contributed by atoms with E-state index < -0.39 is 77.3 Å². The number of esters is 1. The Hall–Kier alpha value is -3.84. The van der Waals surface area contributed by atoms with Crippen molar-refractivity contribution < 1.29 is 57.5 Å². The minimum atomic E-state index is -1.89. The number of aromatic nitrogens is 2. The third-order valence-corrected chi connectivity index (χ3v) is 11.8. The van der Waals surface area contributed by atoms with E-state index >= 15 is 0 Å². The van der Waals surface area contributed by atoms with Crippen LogP contribution in [0.4, 0.5) is 6.01 Å². The average molecular weight is 816 g/mol. The SMILES string of the molecule is CC[C@H]1OC(=O)[C@H](C)C(=O)[C@H](C)[C@@H](O[C@@H]2O[C@H](C)C[C@H](N(C)C)[C@H]2O)[C@@]2(C)C[C@@H](C)C(=O)[C@H](C)[C@H](OC/C(=N\OCc3ccc(-c4coc(N)n4)nc3)CO2)[C@]1(C)O. The molecule has 3 aliphatic rings. The van der Waals surface area contributed by atoms with Crippen molar-refractivity contribution in [2.45, 2.75) is 135 Å². The summed E-state index contributed by atoms with van der Waals surface area (Å²) in [7, 11) is 3.71. The highest BCUT2D eigenvalue weighted by atomic mass is 16.7. The molecule has 0 unspecified atom stereocenters. The van der Waals surface area contributed by atoms with Crippen LogP contribution in [-0.2, 0) is 49.5 Å². The molecule has 0 radical (unpaired) electrons. The molecule has 0 aliphatic carbocycles. The van der Waals surface area contributed by atoms with Crippen molar-refractivity contribution >= 4 is 29.3 Å². The van der Waals surface area contributed by atoms with Crippen LogP contribution in [0.3, 0.4) is 0 Å². The summed E-state index contributed by atoms with van der Waals surface area (Å²) in [6.45, 7) is 12.9. The predicted octanol–water partition coefficient (Wildman–Crippen LogP) is 3.34. The van der Waals surface area contributed by atoms with Gasteiger partial charge in [0.2, 0.25) is 0 Å². The zero-order valence-corrected chi connectivity index (χ0v) is 35.2. The van der Waals surface area contributed by atoms with Gasteiger partial charge in [0.15, 0.2) is 12.1 Å². The topological polar surface area (TPSA) is 228 Å². The number of anilines is 1.